The molecule has 3 N–H and O–H groups in total. The number of furan rings is 1. The number of aliphatic hydroxyl groups excluding tert-OH is 1. The van der Waals surface area contributed by atoms with Crippen molar-refractivity contribution in [2.24, 2.45) is 0 Å². The van der Waals surface area contributed by atoms with Crippen molar-refractivity contribution in [2.75, 3.05) is 39.4 Å². The van der Waals surface area contributed by atoms with Gasteiger partial charge in [-0.3, -0.25) is 14.5 Å². The van der Waals surface area contributed by atoms with Gasteiger partial charge in [0.15, 0.2) is 0 Å². The Balaban J connectivity index is 1.90. The lowest BCUT2D eigenvalue weighted by Crippen LogP contribution is -2.47. The zero-order valence-corrected chi connectivity index (χ0v) is 13.2. The molecule has 0 aromatic carbocycles. The minimum Gasteiger partial charge on any atom is -0.468 e. The van der Waals surface area contributed by atoms with Gasteiger partial charge in [-0.05, 0) is 19.1 Å². The Labute approximate surface area is 134 Å². The third kappa shape index (κ3) is 5.34. The molecule has 2 heterocycles. The summed E-state index contributed by atoms with van der Waals surface area (Å²) in [6, 6.07) is 3.49. The number of amides is 2. The molecule has 0 spiro atoms. The molecule has 2 rings (SSSR count). The summed E-state index contributed by atoms with van der Waals surface area (Å²) >= 11 is 0. The van der Waals surface area contributed by atoms with E-state index in [1.807, 2.05) is 6.07 Å². The minimum atomic E-state index is -0.758. The highest BCUT2D eigenvalue weighted by molar-refractivity contribution is 6.35. The average molecular weight is 325 g/mol. The zero-order valence-electron chi connectivity index (χ0n) is 13.2. The van der Waals surface area contributed by atoms with Crippen LogP contribution in [0.4, 0.5) is 0 Å². The van der Waals surface area contributed by atoms with E-state index in [4.69, 9.17) is 14.3 Å². The van der Waals surface area contributed by atoms with E-state index in [9.17, 15) is 9.59 Å². The lowest BCUT2D eigenvalue weighted by molar-refractivity contribution is -0.139. The monoisotopic (exact) mass is 325 g/mol. The first kappa shape index (κ1) is 17.5. The number of aliphatic hydroxyl groups is 1. The Morgan fingerprint density at radius 3 is 2.48 bits per heavy atom. The molecular weight excluding hydrogens is 302 g/mol. The molecule has 8 heteroatoms. The van der Waals surface area contributed by atoms with Crippen molar-refractivity contribution >= 4 is 11.8 Å². The standard InChI is InChI=1S/C15H23N3O5/c1-11(19)9-16-14(20)15(21)17-10-12(13-3-2-6-23-13)18-4-7-22-8-5-18/h2-3,6,11-12,19H,4-5,7-10H2,1H3,(H,16,20)(H,17,21)/t11-,12-/m1/s1. The van der Waals surface area contributed by atoms with Gasteiger partial charge >= 0.3 is 11.8 Å². The van der Waals surface area contributed by atoms with Crippen LogP contribution in [0.3, 0.4) is 0 Å². The predicted octanol–water partition coefficient (Wildman–Crippen LogP) is -0.734. The second-order valence-electron chi connectivity index (χ2n) is 5.45. The molecule has 0 aliphatic carbocycles. The van der Waals surface area contributed by atoms with Crippen LogP contribution >= 0.6 is 0 Å². The molecule has 8 nitrogen and oxygen atoms in total. The van der Waals surface area contributed by atoms with Crippen LogP contribution in [0.5, 0.6) is 0 Å². The van der Waals surface area contributed by atoms with Gasteiger partial charge in [0, 0.05) is 26.2 Å². The van der Waals surface area contributed by atoms with Gasteiger partial charge in [-0.1, -0.05) is 0 Å². The number of nitrogens with zero attached hydrogens (tertiary/aromatic N) is 1. The molecule has 1 aromatic heterocycles. The summed E-state index contributed by atoms with van der Waals surface area (Å²) < 4.78 is 10.8. The average Bonchev–Trinajstić information content (AvgIpc) is 3.07. The van der Waals surface area contributed by atoms with Gasteiger partial charge < -0.3 is 24.9 Å². The summed E-state index contributed by atoms with van der Waals surface area (Å²) in [5.41, 5.74) is 0. The maximum absolute atomic E-state index is 11.8. The summed E-state index contributed by atoms with van der Waals surface area (Å²) in [5.74, 6) is -0.752. The van der Waals surface area contributed by atoms with Gasteiger partial charge in [0.1, 0.15) is 5.76 Å². The Kier molecular flexibility index (Phi) is 6.57. The number of carbonyl (C=O) groups excluding carboxylic acids is 2. The summed E-state index contributed by atoms with van der Waals surface area (Å²) in [7, 11) is 0. The van der Waals surface area contributed by atoms with Crippen LogP contribution in [0.2, 0.25) is 0 Å². The first-order valence-electron chi connectivity index (χ1n) is 7.67. The van der Waals surface area contributed by atoms with Crippen LogP contribution in [0.15, 0.2) is 22.8 Å². The highest BCUT2D eigenvalue weighted by atomic mass is 16.5. The molecule has 1 aliphatic rings. The largest absolute Gasteiger partial charge is 0.468 e. The molecule has 1 fully saturated rings. The SMILES string of the molecule is C[C@@H](O)CNC(=O)C(=O)NC[C@H](c1ccco1)N1CCOCC1. The van der Waals surface area contributed by atoms with E-state index in [0.717, 1.165) is 18.8 Å². The summed E-state index contributed by atoms with van der Waals surface area (Å²) in [6.45, 7) is 4.54. The summed E-state index contributed by atoms with van der Waals surface area (Å²) in [6.07, 6.45) is 0.885. The van der Waals surface area contributed by atoms with Crippen molar-refractivity contribution < 1.29 is 23.8 Å². The molecule has 128 valence electrons. The maximum Gasteiger partial charge on any atom is 0.309 e. The zero-order chi connectivity index (χ0) is 16.7. The van der Waals surface area contributed by atoms with E-state index in [0.29, 0.717) is 13.2 Å². The van der Waals surface area contributed by atoms with Crippen molar-refractivity contribution in [3.63, 3.8) is 0 Å². The fourth-order valence-electron chi connectivity index (χ4n) is 2.37. The van der Waals surface area contributed by atoms with E-state index in [1.165, 1.54) is 6.92 Å². The molecule has 0 unspecified atom stereocenters. The number of hydrogen-bond donors (Lipinski definition) is 3. The Morgan fingerprint density at radius 2 is 1.91 bits per heavy atom. The molecule has 1 saturated heterocycles. The lowest BCUT2D eigenvalue weighted by atomic mass is 10.1. The molecule has 1 aliphatic heterocycles. The minimum absolute atomic E-state index is 0.0390. The van der Waals surface area contributed by atoms with Crippen molar-refractivity contribution in [3.05, 3.63) is 24.2 Å². The smallest absolute Gasteiger partial charge is 0.309 e. The fourth-order valence-corrected chi connectivity index (χ4v) is 2.37. The predicted molar refractivity (Wildman–Crippen MR) is 81.5 cm³/mol. The third-order valence-electron chi connectivity index (χ3n) is 3.58. The summed E-state index contributed by atoms with van der Waals surface area (Å²) in [4.78, 5) is 25.6. The van der Waals surface area contributed by atoms with Gasteiger partial charge in [-0.2, -0.15) is 0 Å². The maximum atomic E-state index is 11.8. The van der Waals surface area contributed by atoms with Crippen molar-refractivity contribution in [1.29, 1.82) is 0 Å². The van der Waals surface area contributed by atoms with Crippen LogP contribution in [0.25, 0.3) is 0 Å². The van der Waals surface area contributed by atoms with Crippen molar-refractivity contribution in [2.45, 2.75) is 19.1 Å². The van der Waals surface area contributed by atoms with E-state index in [-0.39, 0.29) is 19.1 Å². The number of hydrogen-bond acceptors (Lipinski definition) is 6. The summed E-state index contributed by atoms with van der Waals surface area (Å²) in [5, 5.41) is 14.1. The molecule has 0 saturated carbocycles. The highest BCUT2D eigenvalue weighted by Crippen LogP contribution is 2.21. The molecule has 0 bridgehead atoms. The quantitative estimate of drug-likeness (QED) is 0.596. The third-order valence-corrected chi connectivity index (χ3v) is 3.58. The Bertz CT molecular complexity index is 497. The first-order chi connectivity index (χ1) is 11.1. The second-order valence-corrected chi connectivity index (χ2v) is 5.45. The first-order valence-corrected chi connectivity index (χ1v) is 7.67. The molecular formula is C15H23N3O5. The van der Waals surface area contributed by atoms with Gasteiger partial charge in [0.2, 0.25) is 0 Å². The van der Waals surface area contributed by atoms with Crippen molar-refractivity contribution in [1.82, 2.24) is 15.5 Å². The van der Waals surface area contributed by atoms with Crippen LogP contribution in [-0.2, 0) is 14.3 Å². The van der Waals surface area contributed by atoms with E-state index in [1.54, 1.807) is 12.3 Å². The topological polar surface area (TPSA) is 104 Å². The van der Waals surface area contributed by atoms with E-state index in [2.05, 4.69) is 15.5 Å². The van der Waals surface area contributed by atoms with E-state index >= 15 is 0 Å². The number of morpholine rings is 1. The molecule has 0 radical (unpaired) electrons. The molecule has 2 atom stereocenters. The number of nitrogens with one attached hydrogen (secondary N) is 2. The van der Waals surface area contributed by atoms with Crippen LogP contribution in [0, 0.1) is 0 Å². The van der Waals surface area contributed by atoms with Gasteiger partial charge in [-0.25, -0.2) is 0 Å². The molecule has 2 amide bonds. The van der Waals surface area contributed by atoms with E-state index < -0.39 is 17.9 Å². The Morgan fingerprint density at radius 1 is 1.26 bits per heavy atom. The normalized spacial score (nSPS) is 18.2. The lowest BCUT2D eigenvalue weighted by Gasteiger charge is -2.33. The molecule has 1 aromatic rings. The van der Waals surface area contributed by atoms with Crippen LogP contribution < -0.4 is 10.6 Å². The fraction of sp³-hybridized carbons (Fsp3) is 0.600. The Hall–Kier alpha value is -1.90. The number of ether oxygens (including phenoxy) is 1. The van der Waals surface area contributed by atoms with Crippen LogP contribution in [0.1, 0.15) is 18.7 Å². The van der Waals surface area contributed by atoms with Crippen molar-refractivity contribution in [3.8, 4) is 0 Å². The number of rotatable bonds is 6. The number of carbonyl (C=O) groups is 2. The molecule has 23 heavy (non-hydrogen) atoms. The van der Waals surface area contributed by atoms with Gasteiger partial charge in [-0.15, -0.1) is 0 Å². The highest BCUT2D eigenvalue weighted by Gasteiger charge is 2.26. The second kappa shape index (κ2) is 8.66. The van der Waals surface area contributed by atoms with Gasteiger partial charge in [0.05, 0.1) is 31.6 Å². The van der Waals surface area contributed by atoms with Gasteiger partial charge in [0.25, 0.3) is 0 Å². The van der Waals surface area contributed by atoms with Crippen LogP contribution in [-0.4, -0.2) is 67.3 Å².